The van der Waals surface area contributed by atoms with Crippen LogP contribution in [0.3, 0.4) is 0 Å². The predicted molar refractivity (Wildman–Crippen MR) is 55.6 cm³/mol. The van der Waals surface area contributed by atoms with Gasteiger partial charge in [0, 0.05) is 6.04 Å². The molecule has 0 radical (unpaired) electrons. The largest absolute Gasteiger partial charge is 0.324 e. The zero-order valence-corrected chi connectivity index (χ0v) is 8.68. The molecule has 0 heterocycles. The van der Waals surface area contributed by atoms with Crippen molar-refractivity contribution in [1.82, 2.24) is 0 Å². The molecule has 2 heteroatoms. The fourth-order valence-corrected chi connectivity index (χ4v) is 2.26. The van der Waals surface area contributed by atoms with Crippen molar-refractivity contribution in [1.29, 1.82) is 0 Å². The summed E-state index contributed by atoms with van der Waals surface area (Å²) in [6.07, 6.45) is 2.02. The maximum atomic E-state index is 13.1. The number of nitrogens with two attached hydrogens (primary N) is 1. The smallest absolute Gasteiger partial charge is 0.123 e. The van der Waals surface area contributed by atoms with Crippen molar-refractivity contribution in [3.8, 4) is 0 Å². The van der Waals surface area contributed by atoms with Crippen molar-refractivity contribution >= 4 is 0 Å². The Hall–Kier alpha value is -0.890. The molecular formula is C12H16FN. The van der Waals surface area contributed by atoms with Gasteiger partial charge in [0.05, 0.1) is 0 Å². The van der Waals surface area contributed by atoms with E-state index in [1.807, 2.05) is 6.07 Å². The first-order chi connectivity index (χ1) is 6.50. The summed E-state index contributed by atoms with van der Waals surface area (Å²) in [5.74, 6) is -0.183. The van der Waals surface area contributed by atoms with Crippen LogP contribution in [0.5, 0.6) is 0 Å². The van der Waals surface area contributed by atoms with E-state index in [0.29, 0.717) is 0 Å². The van der Waals surface area contributed by atoms with Gasteiger partial charge in [0.25, 0.3) is 0 Å². The summed E-state index contributed by atoms with van der Waals surface area (Å²) in [5, 5.41) is 0. The van der Waals surface area contributed by atoms with Gasteiger partial charge in [-0.05, 0) is 41.5 Å². The molecule has 14 heavy (non-hydrogen) atoms. The zero-order chi connectivity index (χ0) is 10.3. The van der Waals surface area contributed by atoms with E-state index in [4.69, 9.17) is 5.73 Å². The number of fused-ring (bicyclic) bond motifs is 1. The highest BCUT2D eigenvalue weighted by atomic mass is 19.1. The molecule has 1 aromatic carbocycles. The van der Waals surface area contributed by atoms with Gasteiger partial charge in [-0.3, -0.25) is 0 Å². The van der Waals surface area contributed by atoms with Crippen LogP contribution in [0.2, 0.25) is 0 Å². The van der Waals surface area contributed by atoms with Crippen LogP contribution in [0, 0.1) is 5.82 Å². The minimum Gasteiger partial charge on any atom is -0.324 e. The van der Waals surface area contributed by atoms with Gasteiger partial charge >= 0.3 is 0 Å². The van der Waals surface area contributed by atoms with Crippen LogP contribution in [-0.2, 0) is 5.41 Å². The Morgan fingerprint density at radius 1 is 1.43 bits per heavy atom. The molecule has 0 spiro atoms. The fraction of sp³-hybridized carbons (Fsp3) is 0.500. The van der Waals surface area contributed by atoms with Crippen molar-refractivity contribution in [2.45, 2.75) is 38.1 Å². The number of benzene rings is 1. The van der Waals surface area contributed by atoms with Gasteiger partial charge in [-0.2, -0.15) is 0 Å². The maximum absolute atomic E-state index is 13.1. The molecule has 76 valence electrons. The molecule has 0 bridgehead atoms. The Morgan fingerprint density at radius 2 is 2.14 bits per heavy atom. The lowest BCUT2D eigenvalue weighted by Gasteiger charge is -2.35. The molecule has 0 fully saturated rings. The van der Waals surface area contributed by atoms with Crippen molar-refractivity contribution in [3.05, 3.63) is 35.1 Å². The molecule has 0 saturated carbocycles. The van der Waals surface area contributed by atoms with Crippen LogP contribution in [-0.4, -0.2) is 0 Å². The van der Waals surface area contributed by atoms with Gasteiger partial charge in [-0.1, -0.05) is 19.9 Å². The van der Waals surface area contributed by atoms with Gasteiger partial charge in [0.15, 0.2) is 0 Å². The molecule has 0 aromatic heterocycles. The number of rotatable bonds is 0. The van der Waals surface area contributed by atoms with Crippen LogP contribution in [0.4, 0.5) is 4.39 Å². The van der Waals surface area contributed by atoms with Gasteiger partial charge < -0.3 is 5.73 Å². The summed E-state index contributed by atoms with van der Waals surface area (Å²) < 4.78 is 13.1. The Kier molecular flexibility index (Phi) is 2.11. The molecule has 2 N–H and O–H groups in total. The van der Waals surface area contributed by atoms with E-state index in [-0.39, 0.29) is 17.3 Å². The highest BCUT2D eigenvalue weighted by Gasteiger charge is 2.30. The minimum atomic E-state index is -0.183. The average Bonchev–Trinajstić information content (AvgIpc) is 2.12. The molecule has 1 aliphatic rings. The van der Waals surface area contributed by atoms with Crippen LogP contribution in [0.15, 0.2) is 18.2 Å². The zero-order valence-electron chi connectivity index (χ0n) is 8.68. The molecule has 1 nitrogen and oxygen atoms in total. The Balaban J connectivity index is 2.57. The van der Waals surface area contributed by atoms with Crippen molar-refractivity contribution in [2.24, 2.45) is 5.73 Å². The monoisotopic (exact) mass is 193 g/mol. The molecule has 1 aliphatic carbocycles. The fourth-order valence-electron chi connectivity index (χ4n) is 2.26. The first kappa shape index (κ1) is 9.66. The second-order valence-corrected chi connectivity index (χ2v) is 4.76. The summed E-state index contributed by atoms with van der Waals surface area (Å²) in [7, 11) is 0. The first-order valence-electron chi connectivity index (χ1n) is 5.06. The molecule has 0 aliphatic heterocycles. The van der Waals surface area contributed by atoms with Crippen LogP contribution in [0.1, 0.15) is 43.9 Å². The van der Waals surface area contributed by atoms with E-state index in [1.54, 1.807) is 6.07 Å². The second-order valence-electron chi connectivity index (χ2n) is 4.76. The van der Waals surface area contributed by atoms with E-state index in [9.17, 15) is 4.39 Å². The van der Waals surface area contributed by atoms with E-state index in [0.717, 1.165) is 18.4 Å². The quantitative estimate of drug-likeness (QED) is 0.673. The van der Waals surface area contributed by atoms with Gasteiger partial charge in [-0.15, -0.1) is 0 Å². The van der Waals surface area contributed by atoms with Crippen LogP contribution >= 0.6 is 0 Å². The maximum Gasteiger partial charge on any atom is 0.123 e. The Morgan fingerprint density at radius 3 is 2.86 bits per heavy atom. The predicted octanol–water partition coefficient (Wildman–Crippen LogP) is 2.90. The summed E-state index contributed by atoms with van der Waals surface area (Å²) in [6.45, 7) is 4.38. The van der Waals surface area contributed by atoms with Crippen molar-refractivity contribution in [3.63, 3.8) is 0 Å². The topological polar surface area (TPSA) is 26.0 Å². The second kappa shape index (κ2) is 3.06. The van der Waals surface area contributed by atoms with E-state index < -0.39 is 0 Å². The number of halogens is 1. The molecule has 0 amide bonds. The minimum absolute atomic E-state index is 0.00808. The third-order valence-corrected chi connectivity index (χ3v) is 3.22. The average molecular weight is 193 g/mol. The molecule has 1 atom stereocenters. The SMILES string of the molecule is CC1(C)CCC(N)c2cc(F)ccc21. The molecule has 1 unspecified atom stereocenters. The standard InChI is InChI=1S/C12H16FN/c1-12(2)6-5-11(14)9-7-8(13)3-4-10(9)12/h3-4,7,11H,5-6,14H2,1-2H3. The van der Waals surface area contributed by atoms with Gasteiger partial charge in [-0.25, -0.2) is 4.39 Å². The number of hydrogen-bond acceptors (Lipinski definition) is 1. The molecule has 0 saturated heterocycles. The van der Waals surface area contributed by atoms with E-state index in [2.05, 4.69) is 13.8 Å². The third kappa shape index (κ3) is 1.44. The molecule has 2 rings (SSSR count). The summed E-state index contributed by atoms with van der Waals surface area (Å²) >= 11 is 0. The highest BCUT2D eigenvalue weighted by Crippen LogP contribution is 2.40. The lowest BCUT2D eigenvalue weighted by Crippen LogP contribution is -2.29. The normalized spacial score (nSPS) is 24.4. The van der Waals surface area contributed by atoms with Crippen LogP contribution < -0.4 is 5.73 Å². The molecular weight excluding hydrogens is 177 g/mol. The lowest BCUT2D eigenvalue weighted by molar-refractivity contribution is 0.394. The summed E-state index contributed by atoms with van der Waals surface area (Å²) in [5.41, 5.74) is 8.30. The lowest BCUT2D eigenvalue weighted by atomic mass is 9.71. The third-order valence-electron chi connectivity index (χ3n) is 3.22. The van der Waals surface area contributed by atoms with Gasteiger partial charge in [0.2, 0.25) is 0 Å². The van der Waals surface area contributed by atoms with Crippen molar-refractivity contribution in [2.75, 3.05) is 0 Å². The summed E-state index contributed by atoms with van der Waals surface area (Å²) in [6, 6.07) is 5.00. The first-order valence-corrected chi connectivity index (χ1v) is 5.06. The van der Waals surface area contributed by atoms with Crippen LogP contribution in [0.25, 0.3) is 0 Å². The highest BCUT2D eigenvalue weighted by molar-refractivity contribution is 5.38. The van der Waals surface area contributed by atoms with Gasteiger partial charge in [0.1, 0.15) is 5.82 Å². The van der Waals surface area contributed by atoms with Crippen molar-refractivity contribution < 1.29 is 4.39 Å². The summed E-state index contributed by atoms with van der Waals surface area (Å²) in [4.78, 5) is 0. The Labute approximate surface area is 84.1 Å². The number of hydrogen-bond donors (Lipinski definition) is 1. The van der Waals surface area contributed by atoms with E-state index in [1.165, 1.54) is 11.6 Å². The van der Waals surface area contributed by atoms with E-state index >= 15 is 0 Å². The molecule has 1 aromatic rings. The Bertz CT molecular complexity index is 357.